The molecule has 2 heterocycles. The van der Waals surface area contributed by atoms with Gasteiger partial charge in [-0.15, -0.1) is 11.3 Å². The summed E-state index contributed by atoms with van der Waals surface area (Å²) < 4.78 is 1.14. The second-order valence-corrected chi connectivity index (χ2v) is 5.73. The second-order valence-electron chi connectivity index (χ2n) is 3.88. The van der Waals surface area contributed by atoms with E-state index in [1.54, 1.807) is 11.3 Å². The lowest BCUT2D eigenvalue weighted by Crippen LogP contribution is -2.29. The molecule has 1 N–H and O–H groups in total. The predicted molar refractivity (Wildman–Crippen MR) is 66.1 cm³/mol. The Morgan fingerprint density at radius 1 is 1.53 bits per heavy atom. The third kappa shape index (κ3) is 2.82. The van der Waals surface area contributed by atoms with Gasteiger partial charge in [-0.05, 0) is 46.6 Å². The van der Waals surface area contributed by atoms with Crippen LogP contribution in [-0.4, -0.2) is 12.5 Å². The van der Waals surface area contributed by atoms with E-state index in [1.165, 1.54) is 4.88 Å². The Labute approximate surface area is 102 Å². The molecule has 1 fully saturated rings. The van der Waals surface area contributed by atoms with Crippen molar-refractivity contribution in [2.45, 2.75) is 25.7 Å². The van der Waals surface area contributed by atoms with Gasteiger partial charge in [0, 0.05) is 21.8 Å². The van der Waals surface area contributed by atoms with Crippen molar-refractivity contribution in [1.82, 2.24) is 5.32 Å². The molecule has 1 saturated heterocycles. The van der Waals surface area contributed by atoms with Crippen molar-refractivity contribution < 1.29 is 4.79 Å². The van der Waals surface area contributed by atoms with E-state index >= 15 is 0 Å². The smallest absolute Gasteiger partial charge is 0.223 e. The van der Waals surface area contributed by atoms with Gasteiger partial charge in [0.1, 0.15) is 0 Å². The van der Waals surface area contributed by atoms with E-state index in [1.807, 2.05) is 0 Å². The standard InChI is InChI=1S/C11H14BrNOS/c12-9-4-6-15-10(9)7-8-3-1-2-5-13-11(8)14/h4,6,8H,1-3,5,7H2,(H,13,14). The molecule has 0 radical (unpaired) electrons. The van der Waals surface area contributed by atoms with Crippen LogP contribution in [0.25, 0.3) is 0 Å². The first-order valence-electron chi connectivity index (χ1n) is 5.27. The Kier molecular flexibility index (Phi) is 3.81. The first kappa shape index (κ1) is 11.1. The molecule has 82 valence electrons. The Morgan fingerprint density at radius 3 is 3.13 bits per heavy atom. The normalized spacial score (nSPS) is 22.2. The first-order chi connectivity index (χ1) is 7.27. The van der Waals surface area contributed by atoms with Crippen LogP contribution >= 0.6 is 27.3 Å². The number of carbonyl (C=O) groups is 1. The molecule has 0 saturated carbocycles. The van der Waals surface area contributed by atoms with Crippen molar-refractivity contribution >= 4 is 33.2 Å². The van der Waals surface area contributed by atoms with Crippen molar-refractivity contribution in [2.24, 2.45) is 5.92 Å². The predicted octanol–water partition coefficient (Wildman–Crippen LogP) is 2.97. The highest BCUT2D eigenvalue weighted by Gasteiger charge is 2.21. The number of rotatable bonds is 2. The van der Waals surface area contributed by atoms with Crippen LogP contribution in [0.5, 0.6) is 0 Å². The van der Waals surface area contributed by atoms with Crippen LogP contribution in [0.3, 0.4) is 0 Å². The van der Waals surface area contributed by atoms with Gasteiger partial charge < -0.3 is 5.32 Å². The van der Waals surface area contributed by atoms with Crippen molar-refractivity contribution in [3.05, 3.63) is 20.8 Å². The lowest BCUT2D eigenvalue weighted by molar-refractivity contribution is -0.124. The maximum Gasteiger partial charge on any atom is 0.223 e. The Hall–Kier alpha value is -0.350. The first-order valence-corrected chi connectivity index (χ1v) is 6.94. The molecule has 1 atom stereocenters. The zero-order valence-corrected chi connectivity index (χ0v) is 10.9. The summed E-state index contributed by atoms with van der Waals surface area (Å²) in [6.07, 6.45) is 4.18. The van der Waals surface area contributed by atoms with Gasteiger partial charge in [0.15, 0.2) is 0 Å². The van der Waals surface area contributed by atoms with E-state index in [-0.39, 0.29) is 11.8 Å². The van der Waals surface area contributed by atoms with Gasteiger partial charge in [0.2, 0.25) is 5.91 Å². The van der Waals surface area contributed by atoms with Gasteiger partial charge in [-0.1, -0.05) is 6.42 Å². The average Bonchev–Trinajstić information content (AvgIpc) is 2.50. The van der Waals surface area contributed by atoms with E-state index in [4.69, 9.17) is 0 Å². The van der Waals surface area contributed by atoms with Crippen LogP contribution in [-0.2, 0) is 11.2 Å². The topological polar surface area (TPSA) is 29.1 Å². The van der Waals surface area contributed by atoms with Gasteiger partial charge in [-0.2, -0.15) is 0 Å². The fourth-order valence-electron chi connectivity index (χ4n) is 1.89. The van der Waals surface area contributed by atoms with Crippen LogP contribution in [0.2, 0.25) is 0 Å². The van der Waals surface area contributed by atoms with Crippen LogP contribution in [0, 0.1) is 5.92 Å². The number of carbonyl (C=O) groups excluding carboxylic acids is 1. The summed E-state index contributed by atoms with van der Waals surface area (Å²) in [5.74, 6) is 0.398. The molecule has 1 aromatic rings. The molecule has 2 rings (SSSR count). The number of amides is 1. The SMILES string of the molecule is O=C1NCCCCC1Cc1sccc1Br. The maximum absolute atomic E-state index is 11.7. The van der Waals surface area contributed by atoms with E-state index in [0.717, 1.165) is 36.7 Å². The minimum Gasteiger partial charge on any atom is -0.356 e. The minimum atomic E-state index is 0.169. The molecule has 1 amide bonds. The van der Waals surface area contributed by atoms with Gasteiger partial charge in [0.25, 0.3) is 0 Å². The highest BCUT2D eigenvalue weighted by atomic mass is 79.9. The number of hydrogen-bond donors (Lipinski definition) is 1. The summed E-state index contributed by atoms with van der Waals surface area (Å²) in [5.41, 5.74) is 0. The fourth-order valence-corrected chi connectivity index (χ4v) is 3.49. The van der Waals surface area contributed by atoms with Crippen molar-refractivity contribution in [3.63, 3.8) is 0 Å². The number of thiophene rings is 1. The molecule has 1 aliphatic heterocycles. The fraction of sp³-hybridized carbons (Fsp3) is 0.545. The van der Waals surface area contributed by atoms with E-state index in [9.17, 15) is 4.79 Å². The van der Waals surface area contributed by atoms with Crippen molar-refractivity contribution in [3.8, 4) is 0 Å². The molecule has 0 aliphatic carbocycles. The lowest BCUT2D eigenvalue weighted by Gasteiger charge is -2.11. The van der Waals surface area contributed by atoms with Crippen LogP contribution in [0.15, 0.2) is 15.9 Å². The van der Waals surface area contributed by atoms with Gasteiger partial charge in [-0.25, -0.2) is 0 Å². The monoisotopic (exact) mass is 287 g/mol. The summed E-state index contributed by atoms with van der Waals surface area (Å²) in [6, 6.07) is 2.05. The minimum absolute atomic E-state index is 0.169. The van der Waals surface area contributed by atoms with Crippen molar-refractivity contribution in [1.29, 1.82) is 0 Å². The van der Waals surface area contributed by atoms with Crippen molar-refractivity contribution in [2.75, 3.05) is 6.54 Å². The molecule has 2 nitrogen and oxygen atoms in total. The molecule has 1 unspecified atom stereocenters. The number of hydrogen-bond acceptors (Lipinski definition) is 2. The van der Waals surface area contributed by atoms with E-state index < -0.39 is 0 Å². The lowest BCUT2D eigenvalue weighted by atomic mass is 9.98. The summed E-state index contributed by atoms with van der Waals surface area (Å²) in [4.78, 5) is 13.0. The summed E-state index contributed by atoms with van der Waals surface area (Å²) in [6.45, 7) is 0.848. The molecule has 0 spiro atoms. The molecule has 1 aliphatic rings. The molecule has 1 aromatic heterocycles. The van der Waals surface area contributed by atoms with Gasteiger partial charge in [-0.3, -0.25) is 4.79 Å². The van der Waals surface area contributed by atoms with Crippen LogP contribution in [0.4, 0.5) is 0 Å². The second kappa shape index (κ2) is 5.12. The van der Waals surface area contributed by atoms with Crippen LogP contribution in [0.1, 0.15) is 24.1 Å². The molecule has 4 heteroatoms. The summed E-state index contributed by atoms with van der Waals surface area (Å²) in [7, 11) is 0. The number of nitrogens with one attached hydrogen (secondary N) is 1. The third-order valence-electron chi connectivity index (χ3n) is 2.77. The highest BCUT2D eigenvalue weighted by Crippen LogP contribution is 2.27. The third-order valence-corrected chi connectivity index (χ3v) is 4.72. The van der Waals surface area contributed by atoms with E-state index in [2.05, 4.69) is 32.7 Å². The zero-order chi connectivity index (χ0) is 10.7. The quantitative estimate of drug-likeness (QED) is 0.890. The Balaban J connectivity index is 2.03. The average molecular weight is 288 g/mol. The Bertz CT molecular complexity index is 350. The van der Waals surface area contributed by atoms with Crippen LogP contribution < -0.4 is 5.32 Å². The van der Waals surface area contributed by atoms with Gasteiger partial charge in [0.05, 0.1) is 0 Å². The maximum atomic E-state index is 11.7. The highest BCUT2D eigenvalue weighted by molar-refractivity contribution is 9.10. The van der Waals surface area contributed by atoms with E-state index in [0.29, 0.717) is 0 Å². The molecular formula is C11H14BrNOS. The largest absolute Gasteiger partial charge is 0.356 e. The molecule has 0 bridgehead atoms. The molecule has 15 heavy (non-hydrogen) atoms. The summed E-state index contributed by atoms with van der Waals surface area (Å²) >= 11 is 5.24. The molecular weight excluding hydrogens is 274 g/mol. The zero-order valence-electron chi connectivity index (χ0n) is 8.46. The Morgan fingerprint density at radius 2 is 2.40 bits per heavy atom. The molecule has 0 aromatic carbocycles. The number of halogens is 1. The van der Waals surface area contributed by atoms with Gasteiger partial charge >= 0.3 is 0 Å². The summed E-state index contributed by atoms with van der Waals surface area (Å²) in [5, 5.41) is 5.04.